The number of ether oxygens (including phenoxy) is 1. The number of methoxy groups -OCH3 is 1. The van der Waals surface area contributed by atoms with Gasteiger partial charge >= 0.3 is 12.1 Å². The van der Waals surface area contributed by atoms with E-state index >= 15 is 0 Å². The van der Waals surface area contributed by atoms with Gasteiger partial charge in [-0.15, -0.1) is 0 Å². The highest BCUT2D eigenvalue weighted by Crippen LogP contribution is 2.29. The Hall–Kier alpha value is -1.11. The average Bonchev–Trinajstić information content (AvgIpc) is 2.14. The maximum absolute atomic E-state index is 12.3. The van der Waals surface area contributed by atoms with E-state index < -0.39 is 17.8 Å². The molecule has 0 aliphatic rings. The fraction of sp³-hybridized carbons (Fsp3) is 0.250. The summed E-state index contributed by atoms with van der Waals surface area (Å²) in [5.74, 6) is -0.844. The number of pyridine rings is 1. The van der Waals surface area contributed by atoms with Crippen molar-refractivity contribution in [2.24, 2.45) is 0 Å². The second-order valence-corrected chi connectivity index (χ2v) is 3.37. The van der Waals surface area contributed by atoms with Crippen LogP contribution in [0, 0.1) is 0 Å². The second-order valence-electron chi connectivity index (χ2n) is 2.55. The van der Waals surface area contributed by atoms with Crippen LogP contribution in [0.2, 0.25) is 0 Å². The third kappa shape index (κ3) is 2.92. The minimum atomic E-state index is -4.59. The van der Waals surface area contributed by atoms with Crippen LogP contribution in [-0.4, -0.2) is 18.1 Å². The number of nitrogens with zero attached hydrogens (tertiary/aromatic N) is 1. The number of carbonyl (C=O) groups is 1. The molecule has 1 aromatic heterocycles. The second kappa shape index (κ2) is 4.18. The molecule has 82 valence electrons. The SMILES string of the molecule is COC(=O)c1cc(Br)nc(C(F)(F)F)c1. The van der Waals surface area contributed by atoms with Crippen molar-refractivity contribution in [1.82, 2.24) is 4.98 Å². The Labute approximate surface area is 91.4 Å². The van der Waals surface area contributed by atoms with Crippen molar-refractivity contribution in [2.45, 2.75) is 6.18 Å². The topological polar surface area (TPSA) is 39.2 Å². The van der Waals surface area contributed by atoms with Gasteiger partial charge in [0.2, 0.25) is 0 Å². The average molecular weight is 284 g/mol. The molecule has 0 unspecified atom stereocenters. The van der Waals surface area contributed by atoms with Gasteiger partial charge < -0.3 is 4.74 Å². The quantitative estimate of drug-likeness (QED) is 0.588. The van der Waals surface area contributed by atoms with Crippen LogP contribution in [0.5, 0.6) is 0 Å². The standard InChI is InChI=1S/C8H5BrF3NO2/c1-15-7(14)4-2-5(8(10,11)12)13-6(9)3-4/h2-3H,1H3. The Morgan fingerprint density at radius 3 is 2.53 bits per heavy atom. The predicted octanol–water partition coefficient (Wildman–Crippen LogP) is 2.65. The number of aromatic nitrogens is 1. The summed E-state index contributed by atoms with van der Waals surface area (Å²) in [5, 5.41) is 0. The van der Waals surface area contributed by atoms with Crippen LogP contribution in [-0.2, 0) is 10.9 Å². The fourth-order valence-corrected chi connectivity index (χ4v) is 1.32. The van der Waals surface area contributed by atoms with Crippen LogP contribution in [0.4, 0.5) is 13.2 Å². The van der Waals surface area contributed by atoms with Gasteiger partial charge in [-0.05, 0) is 28.1 Å². The third-order valence-electron chi connectivity index (χ3n) is 1.51. The molecule has 1 aromatic rings. The highest BCUT2D eigenvalue weighted by atomic mass is 79.9. The maximum Gasteiger partial charge on any atom is 0.433 e. The van der Waals surface area contributed by atoms with Crippen molar-refractivity contribution >= 4 is 21.9 Å². The molecule has 1 heterocycles. The van der Waals surface area contributed by atoms with Gasteiger partial charge in [-0.3, -0.25) is 0 Å². The van der Waals surface area contributed by atoms with E-state index in [1.807, 2.05) is 0 Å². The zero-order valence-corrected chi connectivity index (χ0v) is 9.02. The zero-order chi connectivity index (χ0) is 11.6. The number of carbonyl (C=O) groups excluding carboxylic acids is 1. The lowest BCUT2D eigenvalue weighted by atomic mass is 10.2. The Bertz CT molecular complexity index is 392. The van der Waals surface area contributed by atoms with E-state index in [0.29, 0.717) is 6.07 Å². The van der Waals surface area contributed by atoms with Crippen LogP contribution in [0.15, 0.2) is 16.7 Å². The molecule has 15 heavy (non-hydrogen) atoms. The summed E-state index contributed by atoms with van der Waals surface area (Å²) >= 11 is 2.78. The zero-order valence-electron chi connectivity index (χ0n) is 7.43. The van der Waals surface area contributed by atoms with E-state index in [9.17, 15) is 18.0 Å². The van der Waals surface area contributed by atoms with E-state index in [0.717, 1.165) is 13.2 Å². The first kappa shape index (κ1) is 12.0. The van der Waals surface area contributed by atoms with Gasteiger partial charge in [-0.2, -0.15) is 13.2 Å². The van der Waals surface area contributed by atoms with Crippen molar-refractivity contribution in [1.29, 1.82) is 0 Å². The summed E-state index contributed by atoms with van der Waals surface area (Å²) < 4.78 is 41.1. The molecule has 0 bridgehead atoms. The minimum Gasteiger partial charge on any atom is -0.465 e. The summed E-state index contributed by atoms with van der Waals surface area (Å²) in [7, 11) is 1.09. The van der Waals surface area contributed by atoms with Crippen LogP contribution in [0.1, 0.15) is 16.1 Å². The molecule has 3 nitrogen and oxygen atoms in total. The first-order valence-corrected chi connectivity index (χ1v) is 4.47. The van der Waals surface area contributed by atoms with Gasteiger partial charge in [0, 0.05) is 0 Å². The third-order valence-corrected chi connectivity index (χ3v) is 1.91. The van der Waals surface area contributed by atoms with E-state index in [1.165, 1.54) is 0 Å². The first-order valence-electron chi connectivity index (χ1n) is 3.67. The highest BCUT2D eigenvalue weighted by molar-refractivity contribution is 9.10. The van der Waals surface area contributed by atoms with Crippen molar-refractivity contribution < 1.29 is 22.7 Å². The summed E-state index contributed by atoms with van der Waals surface area (Å²) in [6, 6.07) is 1.79. The largest absolute Gasteiger partial charge is 0.465 e. The van der Waals surface area contributed by atoms with Crippen molar-refractivity contribution in [3.63, 3.8) is 0 Å². The van der Waals surface area contributed by atoms with Gasteiger partial charge in [0.1, 0.15) is 10.3 Å². The summed E-state index contributed by atoms with van der Waals surface area (Å²) in [4.78, 5) is 14.2. The lowest BCUT2D eigenvalue weighted by Gasteiger charge is -2.07. The highest BCUT2D eigenvalue weighted by Gasteiger charge is 2.33. The lowest BCUT2D eigenvalue weighted by Crippen LogP contribution is -2.11. The molecule has 0 spiro atoms. The molecule has 0 aliphatic carbocycles. The van der Waals surface area contributed by atoms with Crippen molar-refractivity contribution in [3.05, 3.63) is 28.0 Å². The van der Waals surface area contributed by atoms with Gasteiger partial charge in [0.05, 0.1) is 12.7 Å². The van der Waals surface area contributed by atoms with Gasteiger partial charge in [-0.25, -0.2) is 9.78 Å². The van der Waals surface area contributed by atoms with Crippen LogP contribution in [0.25, 0.3) is 0 Å². The molecule has 7 heteroatoms. The predicted molar refractivity (Wildman–Crippen MR) is 48.3 cm³/mol. The Balaban J connectivity index is 3.23. The number of rotatable bonds is 1. The Kier molecular flexibility index (Phi) is 3.33. The summed E-state index contributed by atoms with van der Waals surface area (Å²) in [6.45, 7) is 0. The molecule has 0 fully saturated rings. The molecular formula is C8H5BrF3NO2. The smallest absolute Gasteiger partial charge is 0.433 e. The molecule has 0 saturated heterocycles. The molecule has 0 amide bonds. The maximum atomic E-state index is 12.3. The molecule has 0 atom stereocenters. The monoisotopic (exact) mass is 283 g/mol. The van der Waals surface area contributed by atoms with E-state index in [-0.39, 0.29) is 10.2 Å². The van der Waals surface area contributed by atoms with E-state index in [2.05, 4.69) is 25.7 Å². The summed E-state index contributed by atoms with van der Waals surface area (Å²) in [5.41, 5.74) is -1.34. The number of esters is 1. The van der Waals surface area contributed by atoms with E-state index in [1.54, 1.807) is 0 Å². The molecule has 0 aliphatic heterocycles. The fourth-order valence-electron chi connectivity index (χ4n) is 0.878. The molecule has 1 rings (SSSR count). The number of hydrogen-bond acceptors (Lipinski definition) is 3. The normalized spacial score (nSPS) is 11.3. The lowest BCUT2D eigenvalue weighted by molar-refractivity contribution is -0.141. The molecule has 0 N–H and O–H groups in total. The van der Waals surface area contributed by atoms with Crippen LogP contribution >= 0.6 is 15.9 Å². The summed E-state index contributed by atoms with van der Waals surface area (Å²) in [6.07, 6.45) is -4.59. The Morgan fingerprint density at radius 1 is 1.47 bits per heavy atom. The molecule has 0 radical (unpaired) electrons. The minimum absolute atomic E-state index is 0.0716. The number of alkyl halides is 3. The molecule has 0 saturated carbocycles. The van der Waals surface area contributed by atoms with E-state index in [4.69, 9.17) is 0 Å². The molecule has 0 aromatic carbocycles. The Morgan fingerprint density at radius 2 is 2.07 bits per heavy atom. The van der Waals surface area contributed by atoms with Crippen molar-refractivity contribution in [3.8, 4) is 0 Å². The van der Waals surface area contributed by atoms with Crippen LogP contribution in [0.3, 0.4) is 0 Å². The first-order chi connectivity index (χ1) is 6.84. The van der Waals surface area contributed by atoms with Gasteiger partial charge in [0.25, 0.3) is 0 Å². The number of halogens is 4. The van der Waals surface area contributed by atoms with Crippen molar-refractivity contribution in [2.75, 3.05) is 7.11 Å². The van der Waals surface area contributed by atoms with Crippen LogP contribution < -0.4 is 0 Å². The van der Waals surface area contributed by atoms with Gasteiger partial charge in [0.15, 0.2) is 0 Å². The van der Waals surface area contributed by atoms with Gasteiger partial charge in [-0.1, -0.05) is 0 Å². The number of hydrogen-bond donors (Lipinski definition) is 0. The molecular weight excluding hydrogens is 279 g/mol.